The van der Waals surface area contributed by atoms with E-state index < -0.39 is 0 Å². The van der Waals surface area contributed by atoms with E-state index in [1.165, 1.54) is 0 Å². The molecular weight excluding hydrogens is 242 g/mol. The van der Waals surface area contributed by atoms with Gasteiger partial charge in [0.15, 0.2) is 0 Å². The third-order valence-corrected chi connectivity index (χ3v) is 2.77. The normalized spacial score (nSPS) is 10.2. The Morgan fingerprint density at radius 1 is 1.42 bits per heavy atom. The number of nitrogens with one attached hydrogen (secondary N) is 2. The minimum absolute atomic E-state index is 0.00719. The van der Waals surface area contributed by atoms with Gasteiger partial charge >= 0.3 is 0 Å². The SMILES string of the molecule is COc1cccc(CC(=O)NCCc2ccn[nH]2)c1. The first kappa shape index (κ1) is 13.1. The second-order valence-corrected chi connectivity index (χ2v) is 4.21. The molecule has 0 atom stereocenters. The first-order valence-electron chi connectivity index (χ1n) is 6.16. The maximum Gasteiger partial charge on any atom is 0.224 e. The minimum Gasteiger partial charge on any atom is -0.497 e. The maximum atomic E-state index is 11.8. The van der Waals surface area contributed by atoms with Crippen molar-refractivity contribution in [1.82, 2.24) is 15.5 Å². The number of ether oxygens (including phenoxy) is 1. The summed E-state index contributed by atoms with van der Waals surface area (Å²) in [7, 11) is 1.61. The van der Waals surface area contributed by atoms with Crippen LogP contribution in [0.2, 0.25) is 0 Å². The molecular formula is C14H17N3O2. The van der Waals surface area contributed by atoms with Gasteiger partial charge in [-0.05, 0) is 23.8 Å². The molecule has 19 heavy (non-hydrogen) atoms. The topological polar surface area (TPSA) is 67.0 Å². The fraction of sp³-hybridized carbons (Fsp3) is 0.286. The van der Waals surface area contributed by atoms with Gasteiger partial charge in [0.2, 0.25) is 5.91 Å². The zero-order valence-electron chi connectivity index (χ0n) is 10.8. The average molecular weight is 259 g/mol. The molecule has 2 rings (SSSR count). The Kier molecular flexibility index (Phi) is 4.55. The summed E-state index contributed by atoms with van der Waals surface area (Å²) in [6.45, 7) is 0.602. The van der Waals surface area contributed by atoms with Crippen molar-refractivity contribution in [1.29, 1.82) is 0 Å². The number of hydrogen-bond donors (Lipinski definition) is 2. The lowest BCUT2D eigenvalue weighted by Crippen LogP contribution is -2.27. The van der Waals surface area contributed by atoms with Crippen LogP contribution in [0.15, 0.2) is 36.5 Å². The van der Waals surface area contributed by atoms with Crippen molar-refractivity contribution in [3.8, 4) is 5.75 Å². The van der Waals surface area contributed by atoms with Gasteiger partial charge in [-0.25, -0.2) is 0 Å². The van der Waals surface area contributed by atoms with Crippen LogP contribution < -0.4 is 10.1 Å². The summed E-state index contributed by atoms with van der Waals surface area (Å²) in [4.78, 5) is 11.8. The van der Waals surface area contributed by atoms with Gasteiger partial charge in [-0.1, -0.05) is 12.1 Å². The zero-order valence-corrected chi connectivity index (χ0v) is 10.8. The number of rotatable bonds is 6. The molecule has 0 spiro atoms. The number of carbonyl (C=O) groups is 1. The largest absolute Gasteiger partial charge is 0.497 e. The van der Waals surface area contributed by atoms with Crippen molar-refractivity contribution in [3.63, 3.8) is 0 Å². The van der Waals surface area contributed by atoms with Crippen LogP contribution in [0.5, 0.6) is 5.75 Å². The summed E-state index contributed by atoms with van der Waals surface area (Å²) < 4.78 is 5.12. The van der Waals surface area contributed by atoms with Crippen molar-refractivity contribution in [3.05, 3.63) is 47.8 Å². The van der Waals surface area contributed by atoms with Gasteiger partial charge in [0.1, 0.15) is 5.75 Å². The number of amides is 1. The number of hydrogen-bond acceptors (Lipinski definition) is 3. The van der Waals surface area contributed by atoms with Crippen LogP contribution in [-0.2, 0) is 17.6 Å². The number of H-pyrrole nitrogens is 1. The number of methoxy groups -OCH3 is 1. The van der Waals surface area contributed by atoms with E-state index in [4.69, 9.17) is 4.74 Å². The lowest BCUT2D eigenvalue weighted by atomic mass is 10.1. The van der Waals surface area contributed by atoms with Crippen molar-refractivity contribution in [2.75, 3.05) is 13.7 Å². The highest BCUT2D eigenvalue weighted by atomic mass is 16.5. The molecule has 100 valence electrons. The fourth-order valence-electron chi connectivity index (χ4n) is 1.79. The predicted molar refractivity (Wildman–Crippen MR) is 72.0 cm³/mol. The molecule has 0 saturated carbocycles. The molecule has 2 N–H and O–H groups in total. The summed E-state index contributed by atoms with van der Waals surface area (Å²) in [6, 6.07) is 9.42. The van der Waals surface area contributed by atoms with Gasteiger partial charge in [-0.2, -0.15) is 5.10 Å². The highest BCUT2D eigenvalue weighted by Crippen LogP contribution is 2.12. The minimum atomic E-state index is 0.00719. The Labute approximate surface area is 112 Å². The molecule has 1 amide bonds. The quantitative estimate of drug-likeness (QED) is 0.822. The third-order valence-electron chi connectivity index (χ3n) is 2.77. The van der Waals surface area contributed by atoms with Gasteiger partial charge in [-0.3, -0.25) is 9.89 Å². The smallest absolute Gasteiger partial charge is 0.224 e. The number of aromatic nitrogens is 2. The molecule has 0 bridgehead atoms. The molecule has 0 saturated heterocycles. The van der Waals surface area contributed by atoms with E-state index in [1.807, 2.05) is 30.3 Å². The van der Waals surface area contributed by atoms with E-state index in [-0.39, 0.29) is 5.91 Å². The van der Waals surface area contributed by atoms with Gasteiger partial charge in [0.25, 0.3) is 0 Å². The van der Waals surface area contributed by atoms with Crippen molar-refractivity contribution in [2.24, 2.45) is 0 Å². The highest BCUT2D eigenvalue weighted by molar-refractivity contribution is 5.78. The molecule has 1 aromatic carbocycles. The number of nitrogens with zero attached hydrogens (tertiary/aromatic N) is 1. The van der Waals surface area contributed by atoms with Crippen molar-refractivity contribution >= 4 is 5.91 Å². The van der Waals surface area contributed by atoms with Gasteiger partial charge in [0.05, 0.1) is 13.5 Å². The Morgan fingerprint density at radius 3 is 3.05 bits per heavy atom. The van der Waals surface area contributed by atoms with E-state index in [0.29, 0.717) is 13.0 Å². The van der Waals surface area contributed by atoms with Crippen LogP contribution in [0.4, 0.5) is 0 Å². The molecule has 0 radical (unpaired) electrons. The van der Waals surface area contributed by atoms with Crippen LogP contribution in [0.25, 0.3) is 0 Å². The Bertz CT molecular complexity index is 523. The number of carbonyl (C=O) groups excluding carboxylic acids is 1. The molecule has 1 aromatic heterocycles. The van der Waals surface area contributed by atoms with Gasteiger partial charge < -0.3 is 10.1 Å². The van der Waals surface area contributed by atoms with Crippen LogP contribution >= 0.6 is 0 Å². The van der Waals surface area contributed by atoms with Crippen LogP contribution in [0, 0.1) is 0 Å². The summed E-state index contributed by atoms with van der Waals surface area (Å²) >= 11 is 0. The standard InChI is InChI=1S/C14H17N3O2/c1-19-13-4-2-3-11(9-13)10-14(18)15-7-5-12-6-8-16-17-12/h2-4,6,8-9H,5,7,10H2,1H3,(H,15,18)(H,16,17). The molecule has 0 aliphatic carbocycles. The molecule has 5 heteroatoms. The summed E-state index contributed by atoms with van der Waals surface area (Å²) in [6.07, 6.45) is 2.82. The number of benzene rings is 1. The van der Waals surface area contributed by atoms with Crippen LogP contribution in [0.1, 0.15) is 11.3 Å². The predicted octanol–water partition coefficient (Wildman–Crippen LogP) is 1.32. The van der Waals surface area contributed by atoms with Crippen molar-refractivity contribution in [2.45, 2.75) is 12.8 Å². The lowest BCUT2D eigenvalue weighted by Gasteiger charge is -2.06. The Hall–Kier alpha value is -2.30. The third kappa shape index (κ3) is 4.13. The first-order chi connectivity index (χ1) is 9.28. The number of aromatic amines is 1. The maximum absolute atomic E-state index is 11.8. The van der Waals surface area contributed by atoms with E-state index in [2.05, 4.69) is 15.5 Å². The van der Waals surface area contributed by atoms with Crippen LogP contribution in [-0.4, -0.2) is 29.8 Å². The summed E-state index contributed by atoms with van der Waals surface area (Å²) in [5.74, 6) is 0.774. The lowest BCUT2D eigenvalue weighted by molar-refractivity contribution is -0.120. The molecule has 2 aromatic rings. The van der Waals surface area contributed by atoms with E-state index >= 15 is 0 Å². The van der Waals surface area contributed by atoms with E-state index in [0.717, 1.165) is 23.4 Å². The molecule has 0 fully saturated rings. The monoisotopic (exact) mass is 259 g/mol. The average Bonchev–Trinajstić information content (AvgIpc) is 2.92. The molecule has 0 aliphatic rings. The van der Waals surface area contributed by atoms with E-state index in [9.17, 15) is 4.79 Å². The Morgan fingerprint density at radius 2 is 2.32 bits per heavy atom. The van der Waals surface area contributed by atoms with Crippen LogP contribution in [0.3, 0.4) is 0 Å². The second kappa shape index (κ2) is 6.58. The molecule has 0 aliphatic heterocycles. The summed E-state index contributed by atoms with van der Waals surface area (Å²) in [5, 5.41) is 9.59. The van der Waals surface area contributed by atoms with Gasteiger partial charge in [0, 0.05) is 24.9 Å². The zero-order chi connectivity index (χ0) is 13.5. The fourth-order valence-corrected chi connectivity index (χ4v) is 1.79. The molecule has 1 heterocycles. The first-order valence-corrected chi connectivity index (χ1v) is 6.16. The van der Waals surface area contributed by atoms with E-state index in [1.54, 1.807) is 13.3 Å². The Balaban J connectivity index is 1.77. The highest BCUT2D eigenvalue weighted by Gasteiger charge is 2.04. The van der Waals surface area contributed by atoms with Gasteiger partial charge in [-0.15, -0.1) is 0 Å². The summed E-state index contributed by atoms with van der Waals surface area (Å²) in [5.41, 5.74) is 1.96. The van der Waals surface area contributed by atoms with Crippen molar-refractivity contribution < 1.29 is 9.53 Å². The second-order valence-electron chi connectivity index (χ2n) is 4.21. The molecule has 5 nitrogen and oxygen atoms in total. The molecule has 0 unspecified atom stereocenters.